The highest BCUT2D eigenvalue weighted by Crippen LogP contribution is 2.17. The first-order valence-electron chi connectivity index (χ1n) is 5.27. The van der Waals surface area contributed by atoms with Gasteiger partial charge in [-0.15, -0.1) is 11.8 Å². The third-order valence-corrected chi connectivity index (χ3v) is 3.43. The summed E-state index contributed by atoms with van der Waals surface area (Å²) < 4.78 is 5.97. The number of methoxy groups -OCH3 is 1. The van der Waals surface area contributed by atoms with E-state index >= 15 is 0 Å². The maximum Gasteiger partial charge on any atom is 0.0960 e. The van der Waals surface area contributed by atoms with Crippen LogP contribution in [0.4, 0.5) is 0 Å². The smallest absolute Gasteiger partial charge is 0.0960 e. The summed E-state index contributed by atoms with van der Waals surface area (Å²) in [5.41, 5.74) is 0. The van der Waals surface area contributed by atoms with Crippen LogP contribution in [-0.2, 0) is 4.74 Å². The monoisotopic (exact) mass is 304 g/mol. The van der Waals surface area contributed by atoms with Crippen molar-refractivity contribution in [3.05, 3.63) is 22.8 Å². The quantitative estimate of drug-likeness (QED) is 0.591. The second-order valence-electron chi connectivity index (χ2n) is 3.26. The van der Waals surface area contributed by atoms with Gasteiger partial charge in [0.15, 0.2) is 0 Å². The Balaban J connectivity index is 2.01. The summed E-state index contributed by atoms with van der Waals surface area (Å²) in [6.45, 7) is 2.74. The molecule has 1 heterocycles. The van der Waals surface area contributed by atoms with Gasteiger partial charge in [-0.2, -0.15) is 0 Å². The van der Waals surface area contributed by atoms with Crippen molar-refractivity contribution < 1.29 is 4.74 Å². The fourth-order valence-electron chi connectivity index (χ4n) is 1.12. The lowest BCUT2D eigenvalue weighted by molar-refractivity contribution is 0.199. The summed E-state index contributed by atoms with van der Waals surface area (Å²) in [5, 5.41) is 4.40. The molecule has 1 aromatic heterocycles. The van der Waals surface area contributed by atoms with Gasteiger partial charge in [0.1, 0.15) is 0 Å². The molecule has 16 heavy (non-hydrogen) atoms. The highest BCUT2D eigenvalue weighted by molar-refractivity contribution is 9.10. The van der Waals surface area contributed by atoms with E-state index in [1.54, 1.807) is 18.9 Å². The molecule has 1 N–H and O–H groups in total. The van der Waals surface area contributed by atoms with Crippen LogP contribution >= 0.6 is 27.7 Å². The Labute approximate surface area is 109 Å². The minimum atomic E-state index is 0.779. The largest absolute Gasteiger partial charge is 0.383 e. The predicted molar refractivity (Wildman–Crippen MR) is 72.0 cm³/mol. The summed E-state index contributed by atoms with van der Waals surface area (Å²) in [5.74, 6) is 1.09. The first-order chi connectivity index (χ1) is 7.83. The summed E-state index contributed by atoms with van der Waals surface area (Å²) in [7, 11) is 1.72. The van der Waals surface area contributed by atoms with Gasteiger partial charge in [-0.05, 0) is 41.0 Å². The normalized spacial score (nSPS) is 10.6. The lowest BCUT2D eigenvalue weighted by atomic mass is 10.5. The molecular formula is C11H17BrN2OS. The molecule has 0 unspecified atom stereocenters. The summed E-state index contributed by atoms with van der Waals surface area (Å²) in [4.78, 5) is 4.30. The van der Waals surface area contributed by atoms with Crippen LogP contribution in [0.25, 0.3) is 0 Å². The number of aromatic nitrogens is 1. The van der Waals surface area contributed by atoms with Crippen molar-refractivity contribution >= 4 is 27.7 Å². The average Bonchev–Trinajstić information content (AvgIpc) is 2.30. The first kappa shape index (κ1) is 14.0. The van der Waals surface area contributed by atoms with Crippen molar-refractivity contribution in [1.82, 2.24) is 10.3 Å². The van der Waals surface area contributed by atoms with E-state index in [0.29, 0.717) is 0 Å². The van der Waals surface area contributed by atoms with Crippen molar-refractivity contribution in [3.63, 3.8) is 0 Å². The van der Waals surface area contributed by atoms with E-state index in [9.17, 15) is 0 Å². The predicted octanol–water partition coefficient (Wildman–Crippen LogP) is 2.56. The van der Waals surface area contributed by atoms with E-state index in [0.717, 1.165) is 41.4 Å². The second-order valence-corrected chi connectivity index (χ2v) is 5.29. The number of rotatable bonds is 8. The highest BCUT2D eigenvalue weighted by Gasteiger charge is 1.95. The average molecular weight is 305 g/mol. The third-order valence-electron chi connectivity index (χ3n) is 1.93. The van der Waals surface area contributed by atoms with Gasteiger partial charge in [-0.25, -0.2) is 4.98 Å². The number of nitrogens with one attached hydrogen (secondary N) is 1. The fraction of sp³-hybridized carbons (Fsp3) is 0.545. The molecule has 90 valence electrons. The van der Waals surface area contributed by atoms with Crippen molar-refractivity contribution in [2.45, 2.75) is 11.4 Å². The van der Waals surface area contributed by atoms with Crippen molar-refractivity contribution in [2.24, 2.45) is 0 Å². The van der Waals surface area contributed by atoms with Gasteiger partial charge in [0, 0.05) is 30.1 Å². The van der Waals surface area contributed by atoms with Crippen LogP contribution in [0.1, 0.15) is 6.42 Å². The molecule has 3 nitrogen and oxygen atoms in total. The molecule has 0 aliphatic rings. The molecule has 0 radical (unpaired) electrons. The van der Waals surface area contributed by atoms with Gasteiger partial charge in [-0.1, -0.05) is 0 Å². The van der Waals surface area contributed by atoms with E-state index in [2.05, 4.69) is 26.2 Å². The number of hydrogen-bond donors (Lipinski definition) is 1. The molecule has 0 saturated carbocycles. The fourth-order valence-corrected chi connectivity index (χ4v) is 2.14. The third kappa shape index (κ3) is 6.48. The second kappa shape index (κ2) is 8.98. The highest BCUT2D eigenvalue weighted by atomic mass is 79.9. The Morgan fingerprint density at radius 2 is 2.31 bits per heavy atom. The number of hydrogen-bond acceptors (Lipinski definition) is 4. The number of ether oxygens (including phenoxy) is 1. The molecule has 0 amide bonds. The van der Waals surface area contributed by atoms with E-state index in [1.165, 1.54) is 0 Å². The SMILES string of the molecule is COCCNCCCSc1ccc(Br)cn1. The van der Waals surface area contributed by atoms with Crippen LogP contribution < -0.4 is 5.32 Å². The van der Waals surface area contributed by atoms with E-state index in [1.807, 2.05) is 18.3 Å². The molecule has 5 heteroatoms. The summed E-state index contributed by atoms with van der Waals surface area (Å²) in [6, 6.07) is 4.05. The van der Waals surface area contributed by atoms with E-state index in [-0.39, 0.29) is 0 Å². The number of pyridine rings is 1. The number of nitrogens with zero attached hydrogens (tertiary/aromatic N) is 1. The van der Waals surface area contributed by atoms with Crippen LogP contribution in [-0.4, -0.2) is 37.5 Å². The molecule has 0 atom stereocenters. The van der Waals surface area contributed by atoms with E-state index in [4.69, 9.17) is 4.74 Å². The molecular weight excluding hydrogens is 288 g/mol. The molecule has 0 aliphatic heterocycles. The lowest BCUT2D eigenvalue weighted by Crippen LogP contribution is -2.20. The van der Waals surface area contributed by atoms with Crippen LogP contribution in [0.2, 0.25) is 0 Å². The van der Waals surface area contributed by atoms with Crippen LogP contribution in [0, 0.1) is 0 Å². The summed E-state index contributed by atoms with van der Waals surface area (Å²) in [6.07, 6.45) is 2.98. The molecule has 0 aromatic carbocycles. The molecule has 1 rings (SSSR count). The Bertz CT molecular complexity index is 282. The van der Waals surface area contributed by atoms with Gasteiger partial charge < -0.3 is 10.1 Å². The number of thioether (sulfide) groups is 1. The van der Waals surface area contributed by atoms with Gasteiger partial charge >= 0.3 is 0 Å². The van der Waals surface area contributed by atoms with Gasteiger partial charge in [0.25, 0.3) is 0 Å². The van der Waals surface area contributed by atoms with Crippen LogP contribution in [0.15, 0.2) is 27.8 Å². The zero-order valence-electron chi connectivity index (χ0n) is 9.41. The maximum absolute atomic E-state index is 4.95. The minimum absolute atomic E-state index is 0.779. The Morgan fingerprint density at radius 3 is 3.00 bits per heavy atom. The minimum Gasteiger partial charge on any atom is -0.383 e. The van der Waals surface area contributed by atoms with Crippen molar-refractivity contribution in [1.29, 1.82) is 0 Å². The molecule has 0 aliphatic carbocycles. The van der Waals surface area contributed by atoms with Gasteiger partial charge in [0.2, 0.25) is 0 Å². The topological polar surface area (TPSA) is 34.1 Å². The Kier molecular flexibility index (Phi) is 7.84. The lowest BCUT2D eigenvalue weighted by Gasteiger charge is -2.03. The van der Waals surface area contributed by atoms with Crippen molar-refractivity contribution in [2.75, 3.05) is 32.6 Å². The Morgan fingerprint density at radius 1 is 1.44 bits per heavy atom. The molecule has 0 fully saturated rings. The van der Waals surface area contributed by atoms with Gasteiger partial charge in [0.05, 0.1) is 11.6 Å². The van der Waals surface area contributed by atoms with Crippen molar-refractivity contribution in [3.8, 4) is 0 Å². The first-order valence-corrected chi connectivity index (χ1v) is 7.05. The molecule has 0 saturated heterocycles. The van der Waals surface area contributed by atoms with E-state index < -0.39 is 0 Å². The van der Waals surface area contributed by atoms with Crippen LogP contribution in [0.5, 0.6) is 0 Å². The standard InChI is InChI=1S/C11H17BrN2OS/c1-15-7-6-13-5-2-8-16-11-4-3-10(12)9-14-11/h3-4,9,13H,2,5-8H2,1H3. The van der Waals surface area contributed by atoms with Gasteiger partial charge in [-0.3, -0.25) is 0 Å². The van der Waals surface area contributed by atoms with Crippen LogP contribution in [0.3, 0.4) is 0 Å². The zero-order chi connectivity index (χ0) is 11.6. The summed E-state index contributed by atoms with van der Waals surface area (Å²) >= 11 is 5.16. The Hall–Kier alpha value is -0.100. The molecule has 0 spiro atoms. The zero-order valence-corrected chi connectivity index (χ0v) is 11.8. The molecule has 1 aromatic rings. The number of halogens is 1. The molecule has 0 bridgehead atoms. The maximum atomic E-state index is 4.95.